The number of benzene rings is 2. The molecule has 6 nitrogen and oxygen atoms in total. The zero-order valence-electron chi connectivity index (χ0n) is 17.6. The molecule has 1 amide bonds. The summed E-state index contributed by atoms with van der Waals surface area (Å²) < 4.78 is 44.8. The average Bonchev–Trinajstić information content (AvgIpc) is 2.82. The summed E-state index contributed by atoms with van der Waals surface area (Å²) in [6, 6.07) is 15.6. The molecule has 1 N–H and O–H groups in total. The third-order valence-corrected chi connectivity index (χ3v) is 4.85. The smallest absolute Gasteiger partial charge is 0.433 e. The number of rotatable bonds is 7. The van der Waals surface area contributed by atoms with E-state index < -0.39 is 17.8 Å². The summed E-state index contributed by atoms with van der Waals surface area (Å²) in [5, 5.41) is 18.4. The summed E-state index contributed by atoms with van der Waals surface area (Å²) in [7, 11) is 1.55. The molecule has 1 aromatic heterocycles. The van der Waals surface area contributed by atoms with Crippen molar-refractivity contribution in [3.8, 4) is 22.9 Å². The van der Waals surface area contributed by atoms with Gasteiger partial charge in [-0.25, -0.2) is 0 Å². The number of aliphatic hydroxyl groups is 1. The minimum atomic E-state index is -4.70. The van der Waals surface area contributed by atoms with Crippen LogP contribution in [0.25, 0.3) is 11.1 Å². The second-order valence-electron chi connectivity index (χ2n) is 7.03. The first-order valence-electron chi connectivity index (χ1n) is 9.95. The van der Waals surface area contributed by atoms with E-state index in [1.54, 1.807) is 55.6 Å². The molecule has 170 valence electrons. The van der Waals surface area contributed by atoms with E-state index in [2.05, 4.69) is 4.98 Å². The lowest BCUT2D eigenvalue weighted by molar-refractivity contribution is -0.141. The zero-order valence-corrected chi connectivity index (χ0v) is 17.6. The number of aromatic nitrogens is 1. The molecule has 1 heterocycles. The number of aliphatic hydroxyl groups excluding tert-OH is 1. The summed E-state index contributed by atoms with van der Waals surface area (Å²) in [5.41, 5.74) is -0.365. The number of ether oxygens (including phenoxy) is 1. The van der Waals surface area contributed by atoms with E-state index in [4.69, 9.17) is 9.84 Å². The van der Waals surface area contributed by atoms with Crippen LogP contribution >= 0.6 is 0 Å². The molecule has 0 aliphatic rings. The SMILES string of the molecule is CN(C(=O)c1ccccc1-c1cnc(C(F)(F)F)cc1C#N)c1ccccc1OCCCO. The van der Waals surface area contributed by atoms with Gasteiger partial charge in [0.2, 0.25) is 0 Å². The van der Waals surface area contributed by atoms with Gasteiger partial charge in [0.15, 0.2) is 0 Å². The quantitative estimate of drug-likeness (QED) is 0.523. The largest absolute Gasteiger partial charge is 0.491 e. The molecule has 0 aliphatic heterocycles. The number of nitrogens with zero attached hydrogens (tertiary/aromatic N) is 3. The van der Waals surface area contributed by atoms with Crippen molar-refractivity contribution in [3.05, 3.63) is 77.6 Å². The van der Waals surface area contributed by atoms with Gasteiger partial charge in [0.05, 0.1) is 23.9 Å². The Labute approximate surface area is 188 Å². The van der Waals surface area contributed by atoms with Crippen molar-refractivity contribution in [1.82, 2.24) is 4.98 Å². The van der Waals surface area contributed by atoms with Crippen LogP contribution in [-0.4, -0.2) is 36.3 Å². The van der Waals surface area contributed by atoms with Crippen molar-refractivity contribution >= 4 is 11.6 Å². The Bertz CT molecular complexity index is 1190. The fourth-order valence-corrected chi connectivity index (χ4v) is 3.22. The third-order valence-electron chi connectivity index (χ3n) is 4.85. The number of carbonyl (C=O) groups is 1. The Balaban J connectivity index is 2.01. The monoisotopic (exact) mass is 455 g/mol. The Kier molecular flexibility index (Phi) is 7.30. The molecule has 0 unspecified atom stereocenters. The number of hydrogen-bond acceptors (Lipinski definition) is 5. The molecule has 9 heteroatoms. The number of anilines is 1. The summed E-state index contributed by atoms with van der Waals surface area (Å²) in [6.07, 6.45) is -3.31. The molecule has 2 aromatic carbocycles. The van der Waals surface area contributed by atoms with Crippen LogP contribution in [0.5, 0.6) is 5.75 Å². The predicted octanol–water partition coefficient (Wildman–Crippen LogP) is 4.68. The van der Waals surface area contributed by atoms with Crippen molar-refractivity contribution in [2.45, 2.75) is 12.6 Å². The Morgan fingerprint density at radius 1 is 1.15 bits per heavy atom. The second-order valence-corrected chi connectivity index (χ2v) is 7.03. The van der Waals surface area contributed by atoms with E-state index in [1.165, 1.54) is 11.0 Å². The van der Waals surface area contributed by atoms with Gasteiger partial charge in [-0.1, -0.05) is 30.3 Å². The van der Waals surface area contributed by atoms with Gasteiger partial charge < -0.3 is 14.7 Å². The maximum atomic E-state index is 13.4. The highest BCUT2D eigenvalue weighted by Crippen LogP contribution is 2.34. The Hall–Kier alpha value is -3.90. The second kappa shape index (κ2) is 10.1. The van der Waals surface area contributed by atoms with E-state index in [-0.39, 0.29) is 35.5 Å². The molecule has 33 heavy (non-hydrogen) atoms. The van der Waals surface area contributed by atoms with Gasteiger partial charge in [0.25, 0.3) is 5.91 Å². The number of halogens is 3. The number of amides is 1. The van der Waals surface area contributed by atoms with E-state index in [0.717, 1.165) is 6.20 Å². The van der Waals surface area contributed by atoms with Crippen molar-refractivity contribution in [2.24, 2.45) is 0 Å². The molecule has 0 saturated heterocycles. The van der Waals surface area contributed by atoms with Crippen LogP contribution in [0.3, 0.4) is 0 Å². The van der Waals surface area contributed by atoms with Crippen molar-refractivity contribution in [1.29, 1.82) is 5.26 Å². The first-order chi connectivity index (χ1) is 15.8. The molecule has 0 atom stereocenters. The number of nitriles is 1. The normalized spacial score (nSPS) is 11.0. The molecular weight excluding hydrogens is 435 g/mol. The van der Waals surface area contributed by atoms with E-state index in [1.807, 2.05) is 0 Å². The van der Waals surface area contributed by atoms with Crippen LogP contribution in [-0.2, 0) is 6.18 Å². The number of alkyl halides is 3. The molecule has 0 saturated carbocycles. The highest BCUT2D eigenvalue weighted by Gasteiger charge is 2.33. The predicted molar refractivity (Wildman–Crippen MR) is 116 cm³/mol. The topological polar surface area (TPSA) is 86.5 Å². The minimum absolute atomic E-state index is 0.0350. The van der Waals surface area contributed by atoms with Gasteiger partial charge in [0.1, 0.15) is 11.4 Å². The molecular formula is C24H20F3N3O3. The number of para-hydroxylation sites is 2. The van der Waals surface area contributed by atoms with Gasteiger partial charge in [-0.3, -0.25) is 9.78 Å². The maximum Gasteiger partial charge on any atom is 0.433 e. The maximum absolute atomic E-state index is 13.4. The van der Waals surface area contributed by atoms with Crippen molar-refractivity contribution in [3.63, 3.8) is 0 Å². The Morgan fingerprint density at radius 2 is 1.85 bits per heavy atom. The van der Waals surface area contributed by atoms with Gasteiger partial charge >= 0.3 is 6.18 Å². The first-order valence-corrected chi connectivity index (χ1v) is 9.95. The van der Waals surface area contributed by atoms with Crippen LogP contribution in [0.15, 0.2) is 60.8 Å². The van der Waals surface area contributed by atoms with E-state index in [9.17, 15) is 23.2 Å². The molecule has 0 fully saturated rings. The van der Waals surface area contributed by atoms with E-state index in [0.29, 0.717) is 23.9 Å². The van der Waals surface area contributed by atoms with Gasteiger partial charge in [-0.2, -0.15) is 18.4 Å². The summed E-state index contributed by atoms with van der Waals surface area (Å²) in [4.78, 5) is 18.2. The lowest BCUT2D eigenvalue weighted by Gasteiger charge is -2.22. The van der Waals surface area contributed by atoms with Gasteiger partial charge in [-0.15, -0.1) is 0 Å². The first kappa shape index (κ1) is 23.8. The number of hydrogen-bond donors (Lipinski definition) is 1. The molecule has 0 bridgehead atoms. The number of carbonyl (C=O) groups excluding carboxylic acids is 1. The average molecular weight is 455 g/mol. The highest BCUT2D eigenvalue weighted by molar-refractivity contribution is 6.10. The van der Waals surface area contributed by atoms with E-state index >= 15 is 0 Å². The highest BCUT2D eigenvalue weighted by atomic mass is 19.4. The third kappa shape index (κ3) is 5.30. The standard InChI is InChI=1S/C24H20F3N3O3/c1-30(20-9-4-5-10-21(20)33-12-6-11-31)23(32)18-8-3-2-7-17(18)19-15-29-22(24(25,26)27)13-16(19)14-28/h2-5,7-10,13,15,31H,6,11-12H2,1H3. The zero-order chi connectivity index (χ0) is 24.0. The fourth-order valence-electron chi connectivity index (χ4n) is 3.22. The van der Waals surface area contributed by atoms with Gasteiger partial charge in [0, 0.05) is 37.4 Å². The summed E-state index contributed by atoms with van der Waals surface area (Å²) in [5.74, 6) is -0.0132. The van der Waals surface area contributed by atoms with Crippen LogP contribution in [0, 0.1) is 11.3 Å². The van der Waals surface area contributed by atoms with Crippen LogP contribution in [0.1, 0.15) is 28.0 Å². The van der Waals surface area contributed by atoms with Crippen molar-refractivity contribution in [2.75, 3.05) is 25.2 Å². The lowest BCUT2D eigenvalue weighted by atomic mass is 9.96. The van der Waals surface area contributed by atoms with Crippen LogP contribution < -0.4 is 9.64 Å². The lowest BCUT2D eigenvalue weighted by Crippen LogP contribution is -2.27. The molecule has 0 spiro atoms. The minimum Gasteiger partial charge on any atom is -0.491 e. The fraction of sp³-hybridized carbons (Fsp3) is 0.208. The summed E-state index contributed by atoms with van der Waals surface area (Å²) >= 11 is 0. The van der Waals surface area contributed by atoms with Crippen LogP contribution in [0.2, 0.25) is 0 Å². The van der Waals surface area contributed by atoms with Crippen molar-refractivity contribution < 1.29 is 27.8 Å². The Morgan fingerprint density at radius 3 is 2.55 bits per heavy atom. The molecule has 0 radical (unpaired) electrons. The summed E-state index contributed by atoms with van der Waals surface area (Å²) in [6.45, 7) is 0.224. The van der Waals surface area contributed by atoms with Gasteiger partial charge in [-0.05, 0) is 29.8 Å². The molecule has 0 aliphatic carbocycles. The molecule has 3 aromatic rings. The molecule has 3 rings (SSSR count). The van der Waals surface area contributed by atoms with Crippen LogP contribution in [0.4, 0.5) is 18.9 Å². The number of pyridine rings is 1.